The van der Waals surface area contributed by atoms with Gasteiger partial charge >= 0.3 is 0 Å². The van der Waals surface area contributed by atoms with Gasteiger partial charge in [0, 0.05) is 39.1 Å². The van der Waals surface area contributed by atoms with E-state index >= 15 is 0 Å². The summed E-state index contributed by atoms with van der Waals surface area (Å²) >= 11 is 0. The summed E-state index contributed by atoms with van der Waals surface area (Å²) in [6, 6.07) is 10.6. The summed E-state index contributed by atoms with van der Waals surface area (Å²) in [6.07, 6.45) is 0.917. The molecule has 2 aromatic carbocycles. The minimum absolute atomic E-state index is 0.0446. The lowest BCUT2D eigenvalue weighted by molar-refractivity contribution is -0.136. The Bertz CT molecular complexity index is 1540. The lowest BCUT2D eigenvalue weighted by Crippen LogP contribution is -2.54. The van der Waals surface area contributed by atoms with E-state index in [1.165, 1.54) is 10.4 Å². The molecule has 222 valence electrons. The minimum atomic E-state index is -3.56. The average Bonchev–Trinajstić information content (AvgIpc) is 3.24. The zero-order valence-corrected chi connectivity index (χ0v) is 23.8. The molecule has 2 N–H and O–H groups in total. The van der Waals surface area contributed by atoms with Gasteiger partial charge in [-0.25, -0.2) is 8.42 Å². The van der Waals surface area contributed by atoms with E-state index in [4.69, 9.17) is 4.74 Å². The zero-order chi connectivity index (χ0) is 29.6. The van der Waals surface area contributed by atoms with Crippen molar-refractivity contribution in [1.29, 1.82) is 0 Å². The summed E-state index contributed by atoms with van der Waals surface area (Å²) in [5.74, 6) is -2.29. The molecule has 2 aromatic rings. The lowest BCUT2D eigenvalue weighted by Gasteiger charge is -2.38. The van der Waals surface area contributed by atoms with Gasteiger partial charge < -0.3 is 9.84 Å². The number of aliphatic hydroxyl groups is 1. The molecular weight excluding hydrogens is 564 g/mol. The summed E-state index contributed by atoms with van der Waals surface area (Å²) in [5.41, 5.74) is 0.604. The number of nitrogens with one attached hydrogen (secondary N) is 1. The highest BCUT2D eigenvalue weighted by molar-refractivity contribution is 7.89. The van der Waals surface area contributed by atoms with E-state index in [0.29, 0.717) is 64.3 Å². The molecule has 6 rings (SSSR count). The molecule has 0 bridgehead atoms. The summed E-state index contributed by atoms with van der Waals surface area (Å²) in [5, 5.41) is 13.7. The molecule has 0 aliphatic carbocycles. The van der Waals surface area contributed by atoms with Gasteiger partial charge in [-0.05, 0) is 54.7 Å². The van der Waals surface area contributed by atoms with E-state index in [1.54, 1.807) is 24.3 Å². The van der Waals surface area contributed by atoms with Crippen LogP contribution >= 0.6 is 0 Å². The van der Waals surface area contributed by atoms with Crippen molar-refractivity contribution in [2.45, 2.75) is 48.8 Å². The molecule has 4 aliphatic heterocycles. The van der Waals surface area contributed by atoms with Gasteiger partial charge in [0.05, 0.1) is 34.8 Å². The third-order valence-corrected chi connectivity index (χ3v) is 10.5. The fraction of sp³-hybridized carbons (Fsp3) is 0.448. The van der Waals surface area contributed by atoms with Gasteiger partial charge in [-0.3, -0.25) is 34.3 Å². The number of fused-ring (bicyclic) bond motifs is 1. The number of ether oxygens (including phenoxy) is 1. The maximum absolute atomic E-state index is 13.2. The Morgan fingerprint density at radius 3 is 2.24 bits per heavy atom. The largest absolute Gasteiger partial charge is 0.385 e. The molecule has 0 spiro atoms. The van der Waals surface area contributed by atoms with Crippen molar-refractivity contribution < 1.29 is 37.4 Å². The third kappa shape index (κ3) is 5.15. The first-order valence-electron chi connectivity index (χ1n) is 14.0. The number of hydrogen-bond donors (Lipinski definition) is 2. The molecular formula is C29H32N4O8S. The predicted molar refractivity (Wildman–Crippen MR) is 148 cm³/mol. The van der Waals surface area contributed by atoms with Crippen LogP contribution in [0.2, 0.25) is 0 Å². The molecule has 4 heterocycles. The van der Waals surface area contributed by atoms with Crippen LogP contribution in [0.4, 0.5) is 0 Å². The Morgan fingerprint density at radius 1 is 0.905 bits per heavy atom. The zero-order valence-electron chi connectivity index (χ0n) is 23.0. The molecule has 4 aliphatic rings. The summed E-state index contributed by atoms with van der Waals surface area (Å²) in [7, 11) is -3.56. The molecule has 1 atom stereocenters. The van der Waals surface area contributed by atoms with Crippen molar-refractivity contribution in [3.05, 3.63) is 64.7 Å². The van der Waals surface area contributed by atoms with E-state index in [9.17, 15) is 32.7 Å². The van der Waals surface area contributed by atoms with Gasteiger partial charge in [0.2, 0.25) is 21.8 Å². The number of imide groups is 2. The van der Waals surface area contributed by atoms with Crippen LogP contribution in [0.3, 0.4) is 0 Å². The van der Waals surface area contributed by atoms with Crippen molar-refractivity contribution in [1.82, 2.24) is 19.4 Å². The Hall–Kier alpha value is -3.49. The summed E-state index contributed by atoms with van der Waals surface area (Å²) in [6.45, 7) is 3.18. The van der Waals surface area contributed by atoms with Crippen molar-refractivity contribution in [3.63, 3.8) is 0 Å². The number of nitrogens with zero attached hydrogens (tertiary/aromatic N) is 3. The van der Waals surface area contributed by atoms with Crippen molar-refractivity contribution in [2.24, 2.45) is 0 Å². The molecule has 12 nitrogen and oxygen atoms in total. The first kappa shape index (κ1) is 28.6. The highest BCUT2D eigenvalue weighted by Crippen LogP contribution is 2.37. The second kappa shape index (κ2) is 11.0. The van der Waals surface area contributed by atoms with E-state index in [-0.39, 0.29) is 28.9 Å². The third-order valence-electron chi connectivity index (χ3n) is 8.60. The van der Waals surface area contributed by atoms with Gasteiger partial charge in [-0.2, -0.15) is 4.31 Å². The number of sulfonamides is 1. The fourth-order valence-corrected chi connectivity index (χ4v) is 7.50. The van der Waals surface area contributed by atoms with E-state index < -0.39 is 45.3 Å². The molecule has 13 heteroatoms. The number of amides is 4. The quantitative estimate of drug-likeness (QED) is 0.456. The molecule has 4 amide bonds. The summed E-state index contributed by atoms with van der Waals surface area (Å²) in [4.78, 5) is 53.4. The summed E-state index contributed by atoms with van der Waals surface area (Å²) < 4.78 is 32.5. The maximum atomic E-state index is 13.2. The average molecular weight is 597 g/mol. The second-order valence-electron chi connectivity index (χ2n) is 11.2. The van der Waals surface area contributed by atoms with Crippen LogP contribution < -0.4 is 5.32 Å². The van der Waals surface area contributed by atoms with Gasteiger partial charge in [0.25, 0.3) is 11.8 Å². The van der Waals surface area contributed by atoms with Gasteiger partial charge in [0.15, 0.2) is 0 Å². The highest BCUT2D eigenvalue weighted by atomic mass is 32.2. The van der Waals surface area contributed by atoms with Gasteiger partial charge in [-0.1, -0.05) is 18.2 Å². The molecule has 0 saturated carbocycles. The fourth-order valence-electron chi connectivity index (χ4n) is 6.09. The Labute approximate surface area is 243 Å². The molecule has 42 heavy (non-hydrogen) atoms. The van der Waals surface area contributed by atoms with Crippen LogP contribution in [0, 0.1) is 0 Å². The molecule has 3 saturated heterocycles. The molecule has 1 unspecified atom stereocenters. The SMILES string of the molecule is O=C1CCC(N2C(=O)c3ccc(C4(O)CCN(Cc5ccc(S(=O)(=O)N6CCOCC6)cc5)CC4)cc3C2=O)C(=O)N1. The normalized spacial score (nSPS) is 23.6. The van der Waals surface area contributed by atoms with Gasteiger partial charge in [-0.15, -0.1) is 0 Å². The first-order valence-corrected chi connectivity index (χ1v) is 15.5. The van der Waals surface area contributed by atoms with E-state index in [0.717, 1.165) is 10.5 Å². The number of rotatable bonds is 6. The van der Waals surface area contributed by atoms with Crippen LogP contribution in [0.25, 0.3) is 0 Å². The maximum Gasteiger partial charge on any atom is 0.262 e. The van der Waals surface area contributed by atoms with Gasteiger partial charge in [0.1, 0.15) is 6.04 Å². The number of morpholine rings is 1. The first-order chi connectivity index (χ1) is 20.1. The van der Waals surface area contributed by atoms with Crippen LogP contribution in [0.15, 0.2) is 47.4 Å². The Morgan fingerprint density at radius 2 is 1.57 bits per heavy atom. The number of benzene rings is 2. The predicted octanol–water partition coefficient (Wildman–Crippen LogP) is 0.592. The highest BCUT2D eigenvalue weighted by Gasteiger charge is 2.45. The van der Waals surface area contributed by atoms with Crippen molar-refractivity contribution in [3.8, 4) is 0 Å². The number of likely N-dealkylation sites (tertiary alicyclic amines) is 1. The molecule has 3 fully saturated rings. The smallest absolute Gasteiger partial charge is 0.262 e. The molecule has 0 radical (unpaired) electrons. The van der Waals surface area contributed by atoms with E-state index in [1.807, 2.05) is 12.1 Å². The van der Waals surface area contributed by atoms with Crippen LogP contribution in [-0.4, -0.2) is 96.7 Å². The molecule has 0 aromatic heterocycles. The van der Waals surface area contributed by atoms with Crippen LogP contribution in [0.5, 0.6) is 0 Å². The topological polar surface area (TPSA) is 154 Å². The lowest BCUT2D eigenvalue weighted by atomic mass is 9.83. The number of piperidine rings is 2. The number of carbonyl (C=O) groups excluding carboxylic acids is 4. The van der Waals surface area contributed by atoms with Crippen LogP contribution in [-0.2, 0) is 36.5 Å². The Balaban J connectivity index is 1.10. The van der Waals surface area contributed by atoms with Crippen molar-refractivity contribution >= 4 is 33.7 Å². The van der Waals surface area contributed by atoms with Crippen LogP contribution in [0.1, 0.15) is 57.5 Å². The number of carbonyl (C=O) groups is 4. The Kier molecular flexibility index (Phi) is 7.48. The van der Waals surface area contributed by atoms with E-state index in [2.05, 4.69) is 10.2 Å². The minimum Gasteiger partial charge on any atom is -0.385 e. The second-order valence-corrected chi connectivity index (χ2v) is 13.1. The van der Waals surface area contributed by atoms with Crippen molar-refractivity contribution in [2.75, 3.05) is 39.4 Å². The monoisotopic (exact) mass is 596 g/mol. The number of hydrogen-bond acceptors (Lipinski definition) is 9. The standard InChI is InChI=1S/C29H32N4O8S/c34-25-8-7-24(26(35)30-25)33-27(36)22-6-3-20(17-23(22)28(33)37)29(38)9-11-31(12-10-29)18-19-1-4-21(5-2-19)42(39,40)32-13-15-41-16-14-32/h1-6,17,24,38H,7-16,18H2,(H,30,34,35).